The van der Waals surface area contributed by atoms with Crippen LogP contribution < -0.4 is 0 Å². The maximum absolute atomic E-state index is 12.6. The third-order valence-corrected chi connectivity index (χ3v) is 4.72. The summed E-state index contributed by atoms with van der Waals surface area (Å²) in [7, 11) is 0. The minimum atomic E-state index is -1.10. The first-order valence-corrected chi connectivity index (χ1v) is 7.76. The number of hydrogen-bond donors (Lipinski definition) is 0. The number of halogens is 1. The van der Waals surface area contributed by atoms with Crippen molar-refractivity contribution in [2.24, 2.45) is 10.8 Å². The molecule has 1 saturated carbocycles. The lowest BCUT2D eigenvalue weighted by atomic mass is 9.97. The van der Waals surface area contributed by atoms with E-state index in [1.54, 1.807) is 0 Å². The van der Waals surface area contributed by atoms with Gasteiger partial charge in [-0.2, -0.15) is 5.26 Å². The van der Waals surface area contributed by atoms with Gasteiger partial charge in [-0.1, -0.05) is 41.9 Å². The van der Waals surface area contributed by atoms with E-state index in [2.05, 4.69) is 22.0 Å². The summed E-state index contributed by atoms with van der Waals surface area (Å²) in [5, 5.41) is 9.69. The van der Waals surface area contributed by atoms with Crippen LogP contribution in [0.4, 0.5) is 0 Å². The number of benzene rings is 1. The van der Waals surface area contributed by atoms with E-state index in [0.717, 1.165) is 10.0 Å². The highest BCUT2D eigenvalue weighted by atomic mass is 79.9. The summed E-state index contributed by atoms with van der Waals surface area (Å²) >= 11 is 3.40. The van der Waals surface area contributed by atoms with Crippen LogP contribution in [-0.4, -0.2) is 11.6 Å². The van der Waals surface area contributed by atoms with Crippen LogP contribution in [0.5, 0.6) is 0 Å². The summed E-state index contributed by atoms with van der Waals surface area (Å²) in [5.74, 6) is -0.562. The zero-order valence-corrected chi connectivity index (χ0v) is 14.6. The van der Waals surface area contributed by atoms with Gasteiger partial charge in [0.1, 0.15) is 5.60 Å². The summed E-state index contributed by atoms with van der Waals surface area (Å²) < 4.78 is 6.47. The van der Waals surface area contributed by atoms with E-state index in [-0.39, 0.29) is 5.92 Å². The van der Waals surface area contributed by atoms with Gasteiger partial charge in [0.2, 0.25) is 0 Å². The molecular weight excluding hydrogens is 330 g/mol. The van der Waals surface area contributed by atoms with Gasteiger partial charge in [-0.25, -0.2) is 0 Å². The molecule has 0 aromatic heterocycles. The zero-order chi connectivity index (χ0) is 16.1. The minimum Gasteiger partial charge on any atom is -0.459 e. The number of hydrogen-bond acceptors (Lipinski definition) is 3. The number of rotatable bonds is 2. The van der Waals surface area contributed by atoms with Gasteiger partial charge in [0, 0.05) is 15.8 Å². The third kappa shape index (κ3) is 2.48. The molecule has 0 spiro atoms. The first-order valence-electron chi connectivity index (χ1n) is 6.96. The molecule has 0 radical (unpaired) electrons. The molecule has 1 aliphatic carbocycles. The highest BCUT2D eigenvalue weighted by molar-refractivity contribution is 9.10. The number of nitrogens with zero attached hydrogens (tertiary/aromatic N) is 1. The van der Waals surface area contributed by atoms with Gasteiger partial charge in [0.15, 0.2) is 5.41 Å². The van der Waals surface area contributed by atoms with Gasteiger partial charge in [0.05, 0.1) is 6.07 Å². The van der Waals surface area contributed by atoms with E-state index in [0.29, 0.717) is 0 Å². The van der Waals surface area contributed by atoms with Crippen molar-refractivity contribution in [3.63, 3.8) is 0 Å². The van der Waals surface area contributed by atoms with E-state index in [1.165, 1.54) is 0 Å². The number of nitriles is 1. The molecule has 2 atom stereocenters. The van der Waals surface area contributed by atoms with Gasteiger partial charge in [0.25, 0.3) is 0 Å². The molecule has 0 saturated heterocycles. The largest absolute Gasteiger partial charge is 0.459 e. The second-order valence-corrected chi connectivity index (χ2v) is 8.04. The molecule has 112 valence electrons. The molecule has 1 aromatic carbocycles. The van der Waals surface area contributed by atoms with Gasteiger partial charge < -0.3 is 4.74 Å². The quantitative estimate of drug-likeness (QED) is 0.742. The molecular formula is C17H20BrNO2. The highest BCUT2D eigenvalue weighted by Crippen LogP contribution is 2.74. The molecule has 2 rings (SSSR count). The van der Waals surface area contributed by atoms with E-state index in [1.807, 2.05) is 58.9 Å². The summed E-state index contributed by atoms with van der Waals surface area (Å²) in [5.41, 5.74) is -1.13. The Morgan fingerprint density at radius 3 is 2.24 bits per heavy atom. The van der Waals surface area contributed by atoms with Crippen molar-refractivity contribution in [1.82, 2.24) is 0 Å². The fraction of sp³-hybridized carbons (Fsp3) is 0.529. The van der Waals surface area contributed by atoms with Crippen molar-refractivity contribution < 1.29 is 9.53 Å². The number of carbonyl (C=O) groups is 1. The predicted molar refractivity (Wildman–Crippen MR) is 84.6 cm³/mol. The molecule has 1 aliphatic rings. The molecule has 0 unspecified atom stereocenters. The molecule has 0 amide bonds. The normalized spacial score (nSPS) is 26.8. The van der Waals surface area contributed by atoms with Crippen molar-refractivity contribution in [3.8, 4) is 6.07 Å². The fourth-order valence-electron chi connectivity index (χ4n) is 3.08. The van der Waals surface area contributed by atoms with Crippen molar-refractivity contribution >= 4 is 21.9 Å². The molecule has 0 aliphatic heterocycles. The summed E-state index contributed by atoms with van der Waals surface area (Å²) in [6.07, 6.45) is 0. The van der Waals surface area contributed by atoms with E-state index >= 15 is 0 Å². The van der Waals surface area contributed by atoms with E-state index in [4.69, 9.17) is 4.74 Å². The Kier molecular flexibility index (Phi) is 3.70. The van der Waals surface area contributed by atoms with E-state index in [9.17, 15) is 10.1 Å². The van der Waals surface area contributed by atoms with Crippen LogP contribution in [-0.2, 0) is 9.53 Å². The lowest BCUT2D eigenvalue weighted by Gasteiger charge is -2.22. The van der Waals surface area contributed by atoms with Crippen LogP contribution in [0.25, 0.3) is 0 Å². The van der Waals surface area contributed by atoms with Crippen molar-refractivity contribution in [2.45, 2.75) is 46.1 Å². The van der Waals surface area contributed by atoms with Crippen LogP contribution in [0.1, 0.15) is 46.1 Å². The Hall–Kier alpha value is -1.34. The summed E-state index contributed by atoms with van der Waals surface area (Å²) in [6, 6.07) is 10.0. The average Bonchev–Trinajstić information content (AvgIpc) is 2.86. The Balaban J connectivity index is 2.39. The monoisotopic (exact) mass is 349 g/mol. The highest BCUT2D eigenvalue weighted by Gasteiger charge is 2.78. The van der Waals surface area contributed by atoms with Gasteiger partial charge in [-0.05, 0) is 38.5 Å². The van der Waals surface area contributed by atoms with Crippen molar-refractivity contribution in [2.75, 3.05) is 0 Å². The SMILES string of the molecule is CC(C)(C)OC(=O)[C@]1(C#N)[C@H](c2ccc(Br)cc2)C1(C)C. The van der Waals surface area contributed by atoms with Crippen LogP contribution in [0, 0.1) is 22.2 Å². The predicted octanol–water partition coefficient (Wildman–Crippen LogP) is 4.42. The average molecular weight is 350 g/mol. The Morgan fingerprint density at radius 2 is 1.81 bits per heavy atom. The fourth-order valence-corrected chi connectivity index (χ4v) is 3.34. The van der Waals surface area contributed by atoms with Crippen LogP contribution in [0.2, 0.25) is 0 Å². The third-order valence-electron chi connectivity index (χ3n) is 4.19. The van der Waals surface area contributed by atoms with Gasteiger partial charge in [-0.15, -0.1) is 0 Å². The van der Waals surface area contributed by atoms with Crippen LogP contribution >= 0.6 is 15.9 Å². The minimum absolute atomic E-state index is 0.141. The second-order valence-electron chi connectivity index (χ2n) is 7.13. The molecule has 0 heterocycles. The lowest BCUT2D eigenvalue weighted by Crippen LogP contribution is -2.31. The Bertz CT molecular complexity index is 607. The summed E-state index contributed by atoms with van der Waals surface area (Å²) in [6.45, 7) is 9.36. The van der Waals surface area contributed by atoms with Crippen molar-refractivity contribution in [1.29, 1.82) is 5.26 Å². The standard InChI is InChI=1S/C17H20BrNO2/c1-15(2,3)21-14(20)17(10-19)13(16(17,4)5)11-6-8-12(18)9-7-11/h6-9,13H,1-5H3/t13-,17+/m1/s1. The maximum Gasteiger partial charge on any atom is 0.328 e. The van der Waals surface area contributed by atoms with Gasteiger partial charge >= 0.3 is 5.97 Å². The first kappa shape index (κ1) is 16.0. The van der Waals surface area contributed by atoms with Crippen LogP contribution in [0.15, 0.2) is 28.7 Å². The number of ether oxygens (including phenoxy) is 1. The zero-order valence-electron chi connectivity index (χ0n) is 13.0. The molecule has 1 fully saturated rings. The molecule has 4 heteroatoms. The lowest BCUT2D eigenvalue weighted by molar-refractivity contribution is -0.160. The number of esters is 1. The summed E-state index contributed by atoms with van der Waals surface area (Å²) in [4.78, 5) is 12.6. The Morgan fingerprint density at radius 1 is 1.29 bits per heavy atom. The van der Waals surface area contributed by atoms with Crippen molar-refractivity contribution in [3.05, 3.63) is 34.3 Å². The molecule has 0 bridgehead atoms. The molecule has 1 aromatic rings. The second kappa shape index (κ2) is 4.84. The number of carbonyl (C=O) groups excluding carboxylic acids is 1. The van der Waals surface area contributed by atoms with E-state index < -0.39 is 22.4 Å². The smallest absolute Gasteiger partial charge is 0.328 e. The van der Waals surface area contributed by atoms with Gasteiger partial charge in [-0.3, -0.25) is 4.79 Å². The first-order chi connectivity index (χ1) is 9.56. The molecule has 21 heavy (non-hydrogen) atoms. The van der Waals surface area contributed by atoms with Crippen LogP contribution in [0.3, 0.4) is 0 Å². The molecule has 0 N–H and O–H groups in total. The maximum atomic E-state index is 12.6. The topological polar surface area (TPSA) is 50.1 Å². The molecule has 3 nitrogen and oxygen atoms in total. The Labute approximate surface area is 134 Å².